The lowest BCUT2D eigenvalue weighted by atomic mass is 10.2. The lowest BCUT2D eigenvalue weighted by Crippen LogP contribution is -2.47. The molecule has 0 aliphatic carbocycles. The SMILES string of the molecule is c1ccc(CN2CCN(c3nnc(-c4ccccn4)n3CCOc3ccccc3)CC2)cc1. The summed E-state index contributed by atoms with van der Waals surface area (Å²) in [5, 5.41) is 9.09. The molecule has 1 aliphatic rings. The maximum Gasteiger partial charge on any atom is 0.227 e. The van der Waals surface area contributed by atoms with E-state index in [9.17, 15) is 0 Å². The first kappa shape index (κ1) is 21.2. The van der Waals surface area contributed by atoms with Crippen LogP contribution >= 0.6 is 0 Å². The molecule has 0 amide bonds. The van der Waals surface area contributed by atoms with Crippen LogP contribution in [0.3, 0.4) is 0 Å². The van der Waals surface area contributed by atoms with Crippen LogP contribution in [-0.2, 0) is 13.1 Å². The molecule has 0 saturated carbocycles. The summed E-state index contributed by atoms with van der Waals surface area (Å²) < 4.78 is 8.11. The minimum atomic E-state index is 0.531. The van der Waals surface area contributed by atoms with Gasteiger partial charge in [0.15, 0.2) is 5.82 Å². The predicted molar refractivity (Wildman–Crippen MR) is 129 cm³/mol. The molecule has 33 heavy (non-hydrogen) atoms. The molecule has 5 rings (SSSR count). The number of pyridine rings is 1. The molecule has 0 N–H and O–H groups in total. The maximum absolute atomic E-state index is 5.97. The number of anilines is 1. The second-order valence-electron chi connectivity index (χ2n) is 8.10. The third-order valence-electron chi connectivity index (χ3n) is 5.86. The van der Waals surface area contributed by atoms with Crippen LogP contribution in [0, 0.1) is 0 Å². The molecule has 7 nitrogen and oxygen atoms in total. The average molecular weight is 441 g/mol. The highest BCUT2D eigenvalue weighted by molar-refractivity contribution is 5.52. The van der Waals surface area contributed by atoms with Gasteiger partial charge in [-0.05, 0) is 29.8 Å². The van der Waals surface area contributed by atoms with Crippen molar-refractivity contribution in [2.24, 2.45) is 0 Å². The highest BCUT2D eigenvalue weighted by Gasteiger charge is 2.24. The molecular formula is C26H28N6O. The fourth-order valence-corrected chi connectivity index (χ4v) is 4.14. The maximum atomic E-state index is 5.97. The van der Waals surface area contributed by atoms with Gasteiger partial charge in [-0.2, -0.15) is 0 Å². The molecule has 2 aromatic carbocycles. The molecule has 1 aliphatic heterocycles. The van der Waals surface area contributed by atoms with Crippen molar-refractivity contribution in [2.45, 2.75) is 13.1 Å². The summed E-state index contributed by atoms with van der Waals surface area (Å²) in [7, 11) is 0. The third-order valence-corrected chi connectivity index (χ3v) is 5.86. The molecule has 4 aromatic rings. The lowest BCUT2D eigenvalue weighted by Gasteiger charge is -2.35. The topological polar surface area (TPSA) is 59.3 Å². The first-order valence-corrected chi connectivity index (χ1v) is 11.4. The van der Waals surface area contributed by atoms with Crippen molar-refractivity contribution in [3.05, 3.63) is 90.6 Å². The summed E-state index contributed by atoms with van der Waals surface area (Å²) in [6.45, 7) is 5.95. The molecule has 0 unspecified atom stereocenters. The van der Waals surface area contributed by atoms with E-state index in [1.165, 1.54) is 5.56 Å². The summed E-state index contributed by atoms with van der Waals surface area (Å²) in [5.74, 6) is 2.52. The van der Waals surface area contributed by atoms with Gasteiger partial charge >= 0.3 is 0 Å². The molecule has 2 aromatic heterocycles. The second kappa shape index (κ2) is 10.3. The molecule has 0 atom stereocenters. The van der Waals surface area contributed by atoms with Gasteiger partial charge in [-0.3, -0.25) is 14.5 Å². The Labute approximate surface area is 194 Å². The van der Waals surface area contributed by atoms with Crippen molar-refractivity contribution < 1.29 is 4.74 Å². The molecule has 0 spiro atoms. The summed E-state index contributed by atoms with van der Waals surface area (Å²) in [5.41, 5.74) is 2.17. The Kier molecular flexibility index (Phi) is 6.58. The van der Waals surface area contributed by atoms with Gasteiger partial charge in [0.1, 0.15) is 18.1 Å². The Balaban J connectivity index is 1.30. The number of hydrogen-bond acceptors (Lipinski definition) is 6. The van der Waals surface area contributed by atoms with Crippen LogP contribution in [-0.4, -0.2) is 57.4 Å². The zero-order chi connectivity index (χ0) is 22.3. The van der Waals surface area contributed by atoms with Crippen molar-refractivity contribution in [1.82, 2.24) is 24.6 Å². The van der Waals surface area contributed by atoms with E-state index in [1.54, 1.807) is 6.20 Å². The molecule has 1 saturated heterocycles. The zero-order valence-corrected chi connectivity index (χ0v) is 18.6. The van der Waals surface area contributed by atoms with Gasteiger partial charge in [0.05, 0.1) is 6.54 Å². The van der Waals surface area contributed by atoms with Crippen LogP contribution in [0.2, 0.25) is 0 Å². The van der Waals surface area contributed by atoms with Crippen molar-refractivity contribution >= 4 is 5.95 Å². The van der Waals surface area contributed by atoms with Crippen molar-refractivity contribution in [2.75, 3.05) is 37.7 Å². The zero-order valence-electron chi connectivity index (χ0n) is 18.6. The van der Waals surface area contributed by atoms with Gasteiger partial charge in [-0.25, -0.2) is 0 Å². The smallest absolute Gasteiger partial charge is 0.227 e. The van der Waals surface area contributed by atoms with Crippen LogP contribution in [0.4, 0.5) is 5.95 Å². The van der Waals surface area contributed by atoms with Crippen molar-refractivity contribution in [3.8, 4) is 17.3 Å². The number of para-hydroxylation sites is 1. The Morgan fingerprint density at radius 2 is 1.48 bits per heavy atom. The number of nitrogens with zero attached hydrogens (tertiary/aromatic N) is 6. The highest BCUT2D eigenvalue weighted by atomic mass is 16.5. The Hall–Kier alpha value is -3.71. The molecule has 3 heterocycles. The van der Waals surface area contributed by atoms with Crippen LogP contribution in [0.15, 0.2) is 85.1 Å². The monoisotopic (exact) mass is 440 g/mol. The van der Waals surface area contributed by atoms with Gasteiger partial charge in [0, 0.05) is 38.9 Å². The Bertz CT molecular complexity index is 1130. The van der Waals surface area contributed by atoms with Gasteiger partial charge in [0.25, 0.3) is 0 Å². The van der Waals surface area contributed by atoms with E-state index >= 15 is 0 Å². The van der Waals surface area contributed by atoms with Crippen LogP contribution in [0.25, 0.3) is 11.5 Å². The van der Waals surface area contributed by atoms with E-state index < -0.39 is 0 Å². The average Bonchev–Trinajstić information content (AvgIpc) is 3.30. The molecule has 0 bridgehead atoms. The Morgan fingerprint density at radius 1 is 0.758 bits per heavy atom. The summed E-state index contributed by atoms with van der Waals surface area (Å²) in [4.78, 5) is 9.32. The van der Waals surface area contributed by atoms with Crippen molar-refractivity contribution in [3.63, 3.8) is 0 Å². The van der Waals surface area contributed by atoms with E-state index in [-0.39, 0.29) is 0 Å². The van der Waals surface area contributed by atoms with Crippen LogP contribution < -0.4 is 9.64 Å². The lowest BCUT2D eigenvalue weighted by molar-refractivity contribution is 0.247. The van der Waals surface area contributed by atoms with E-state index in [2.05, 4.69) is 59.9 Å². The molecule has 7 heteroatoms. The number of piperazine rings is 1. The van der Waals surface area contributed by atoms with E-state index in [0.717, 1.165) is 55.9 Å². The number of aromatic nitrogens is 4. The highest BCUT2D eigenvalue weighted by Crippen LogP contribution is 2.23. The third kappa shape index (κ3) is 5.21. The normalized spacial score (nSPS) is 14.4. The minimum absolute atomic E-state index is 0.531. The van der Waals surface area contributed by atoms with Gasteiger partial charge in [0.2, 0.25) is 5.95 Å². The first-order chi connectivity index (χ1) is 16.4. The number of benzene rings is 2. The largest absolute Gasteiger partial charge is 0.492 e. The van der Waals surface area contributed by atoms with Crippen molar-refractivity contribution in [1.29, 1.82) is 0 Å². The summed E-state index contributed by atoms with van der Waals surface area (Å²) >= 11 is 0. The molecule has 0 radical (unpaired) electrons. The van der Waals surface area contributed by atoms with E-state index in [0.29, 0.717) is 13.2 Å². The first-order valence-electron chi connectivity index (χ1n) is 11.4. The van der Waals surface area contributed by atoms with E-state index in [4.69, 9.17) is 4.74 Å². The van der Waals surface area contributed by atoms with Crippen LogP contribution in [0.5, 0.6) is 5.75 Å². The quantitative estimate of drug-likeness (QED) is 0.416. The second-order valence-corrected chi connectivity index (χ2v) is 8.10. The van der Waals surface area contributed by atoms with Gasteiger partial charge < -0.3 is 9.64 Å². The molecular weight excluding hydrogens is 412 g/mol. The standard InChI is InChI=1S/C26H28N6O/c1-3-9-22(10-4-1)21-30-15-17-31(18-16-30)26-29-28-25(24-13-7-8-14-27-24)32(26)19-20-33-23-11-5-2-6-12-23/h1-14H,15-21H2. The summed E-state index contributed by atoms with van der Waals surface area (Å²) in [6.07, 6.45) is 1.79. The summed E-state index contributed by atoms with van der Waals surface area (Å²) in [6, 6.07) is 26.4. The van der Waals surface area contributed by atoms with Gasteiger partial charge in [-0.1, -0.05) is 54.6 Å². The Morgan fingerprint density at radius 3 is 2.21 bits per heavy atom. The van der Waals surface area contributed by atoms with Crippen LogP contribution in [0.1, 0.15) is 5.56 Å². The molecule has 168 valence electrons. The fraction of sp³-hybridized carbons (Fsp3) is 0.269. The number of ether oxygens (including phenoxy) is 1. The fourth-order valence-electron chi connectivity index (χ4n) is 4.14. The molecule has 1 fully saturated rings. The van der Waals surface area contributed by atoms with Gasteiger partial charge in [-0.15, -0.1) is 10.2 Å². The number of hydrogen-bond donors (Lipinski definition) is 0. The minimum Gasteiger partial charge on any atom is -0.492 e. The number of rotatable bonds is 8. The predicted octanol–water partition coefficient (Wildman–Crippen LogP) is 3.74. The van der Waals surface area contributed by atoms with E-state index in [1.807, 2.05) is 48.5 Å².